The molecule has 0 atom stereocenters. The van der Waals surface area contributed by atoms with Crippen LogP contribution in [0.1, 0.15) is 59.4 Å². The minimum atomic E-state index is -0.551. The second-order valence-electron chi connectivity index (χ2n) is 11.8. The fourth-order valence-corrected chi connectivity index (χ4v) is 8.66. The standard InChI is InChI=1S/C29H28Cl3N5O3S/c30-18-7-20(27(38)35-29-10-15-4-16(11-29)6-17(5-15)12-29)25(22(32)8-18)34-28(39)23-9-24(40-19-13-41-14-19)36-37(23)26-21(31)2-1-3-33-26/h1-3,7-9,15-17,19H,4-6,10-14H2,(H,34,39)(H,35,38). The van der Waals surface area contributed by atoms with Crippen molar-refractivity contribution < 1.29 is 14.3 Å². The molecule has 2 amide bonds. The monoisotopic (exact) mass is 631 g/mol. The van der Waals surface area contributed by atoms with Crippen molar-refractivity contribution in [1.82, 2.24) is 20.1 Å². The number of carbonyl (C=O) groups excluding carboxylic acids is 2. The van der Waals surface area contributed by atoms with Crippen molar-refractivity contribution in [2.45, 2.75) is 50.2 Å². The summed E-state index contributed by atoms with van der Waals surface area (Å²) < 4.78 is 7.30. The molecule has 1 aliphatic heterocycles. The predicted octanol–water partition coefficient (Wildman–Crippen LogP) is 6.67. The number of aromatic nitrogens is 3. The third-order valence-corrected chi connectivity index (χ3v) is 10.7. The molecular weight excluding hydrogens is 605 g/mol. The number of rotatable bonds is 7. The maximum atomic E-state index is 13.8. The van der Waals surface area contributed by atoms with Crippen LogP contribution in [0.2, 0.25) is 15.1 Å². The molecule has 5 aliphatic rings. The van der Waals surface area contributed by atoms with Gasteiger partial charge in [-0.05, 0) is 80.5 Å². The van der Waals surface area contributed by atoms with Crippen molar-refractivity contribution in [3.8, 4) is 11.7 Å². The lowest BCUT2D eigenvalue weighted by atomic mass is 9.53. The van der Waals surface area contributed by atoms with E-state index in [1.807, 2.05) is 0 Å². The molecule has 12 heteroatoms. The van der Waals surface area contributed by atoms with Crippen LogP contribution in [-0.2, 0) is 0 Å². The van der Waals surface area contributed by atoms with Crippen LogP contribution < -0.4 is 15.4 Å². The molecule has 0 spiro atoms. The summed E-state index contributed by atoms with van der Waals surface area (Å²) in [5.74, 6) is 3.41. The summed E-state index contributed by atoms with van der Waals surface area (Å²) in [5, 5.41) is 11.5. The molecule has 0 radical (unpaired) electrons. The zero-order valence-corrected chi connectivity index (χ0v) is 25.1. The van der Waals surface area contributed by atoms with Gasteiger partial charge in [-0.25, -0.2) is 9.67 Å². The maximum Gasteiger partial charge on any atom is 0.274 e. The molecule has 3 aromatic rings. The third kappa shape index (κ3) is 5.31. The molecule has 41 heavy (non-hydrogen) atoms. The van der Waals surface area contributed by atoms with E-state index in [0.717, 1.165) is 30.8 Å². The number of pyridine rings is 1. The number of halogens is 3. The number of hydrogen-bond donors (Lipinski definition) is 2. The van der Waals surface area contributed by atoms with Gasteiger partial charge in [0, 0.05) is 34.3 Å². The van der Waals surface area contributed by atoms with E-state index in [9.17, 15) is 9.59 Å². The average Bonchev–Trinajstić information content (AvgIpc) is 3.30. The highest BCUT2D eigenvalue weighted by molar-refractivity contribution is 8.00. The Morgan fingerprint density at radius 1 is 0.976 bits per heavy atom. The van der Waals surface area contributed by atoms with E-state index in [0.29, 0.717) is 27.8 Å². The van der Waals surface area contributed by atoms with Crippen LogP contribution in [0.3, 0.4) is 0 Å². The molecule has 214 valence electrons. The quantitative estimate of drug-likeness (QED) is 0.302. The second kappa shape index (κ2) is 10.7. The lowest BCUT2D eigenvalue weighted by molar-refractivity contribution is -0.0166. The highest BCUT2D eigenvalue weighted by Crippen LogP contribution is 2.55. The summed E-state index contributed by atoms with van der Waals surface area (Å²) in [4.78, 5) is 31.9. The van der Waals surface area contributed by atoms with Crippen molar-refractivity contribution in [3.05, 3.63) is 62.9 Å². The first-order valence-electron chi connectivity index (χ1n) is 13.8. The van der Waals surface area contributed by atoms with Gasteiger partial charge in [-0.3, -0.25) is 9.59 Å². The predicted molar refractivity (Wildman–Crippen MR) is 161 cm³/mol. The van der Waals surface area contributed by atoms with Gasteiger partial charge in [-0.1, -0.05) is 34.8 Å². The lowest BCUT2D eigenvalue weighted by Crippen LogP contribution is -2.59. The number of benzene rings is 1. The van der Waals surface area contributed by atoms with Crippen molar-refractivity contribution in [3.63, 3.8) is 0 Å². The number of amides is 2. The number of nitrogens with zero attached hydrogens (tertiary/aromatic N) is 3. The fourth-order valence-electron chi connectivity index (χ4n) is 7.36. The number of nitrogens with one attached hydrogen (secondary N) is 2. The Labute approximate surface area is 256 Å². The summed E-state index contributed by atoms with van der Waals surface area (Å²) in [6.07, 6.45) is 8.35. The zero-order chi connectivity index (χ0) is 28.3. The first-order valence-corrected chi connectivity index (χ1v) is 16.1. The van der Waals surface area contributed by atoms with Crippen LogP contribution >= 0.6 is 46.6 Å². The van der Waals surface area contributed by atoms with Gasteiger partial charge in [0.15, 0.2) is 5.82 Å². The highest BCUT2D eigenvalue weighted by Gasteiger charge is 2.51. The molecule has 0 unspecified atom stereocenters. The number of hydrogen-bond acceptors (Lipinski definition) is 6. The molecule has 4 aliphatic carbocycles. The Morgan fingerprint density at radius 2 is 1.68 bits per heavy atom. The number of thioether (sulfide) groups is 1. The van der Waals surface area contributed by atoms with Crippen molar-refractivity contribution in [2.24, 2.45) is 17.8 Å². The van der Waals surface area contributed by atoms with Gasteiger partial charge in [0.1, 0.15) is 11.8 Å². The maximum absolute atomic E-state index is 13.8. The number of carbonyl (C=O) groups is 2. The lowest BCUT2D eigenvalue weighted by Gasteiger charge is -2.56. The third-order valence-electron chi connectivity index (χ3n) is 8.71. The Balaban J connectivity index is 1.19. The molecular formula is C29H28Cl3N5O3S. The summed E-state index contributed by atoms with van der Waals surface area (Å²) >= 11 is 21.2. The molecule has 1 saturated heterocycles. The van der Waals surface area contributed by atoms with E-state index in [1.54, 1.807) is 42.2 Å². The van der Waals surface area contributed by atoms with Crippen molar-refractivity contribution >= 4 is 64.1 Å². The van der Waals surface area contributed by atoms with Crippen LogP contribution in [0, 0.1) is 17.8 Å². The first kappa shape index (κ1) is 27.4. The van der Waals surface area contributed by atoms with E-state index in [4.69, 9.17) is 39.5 Å². The average molecular weight is 633 g/mol. The largest absolute Gasteiger partial charge is 0.472 e. The highest BCUT2D eigenvalue weighted by atomic mass is 35.5. The minimum Gasteiger partial charge on any atom is -0.472 e. The van der Waals surface area contributed by atoms with Gasteiger partial charge < -0.3 is 15.4 Å². The van der Waals surface area contributed by atoms with Gasteiger partial charge in [0.2, 0.25) is 5.88 Å². The Kier molecular flexibility index (Phi) is 7.12. The molecule has 4 bridgehead atoms. The van der Waals surface area contributed by atoms with E-state index in [2.05, 4.69) is 20.7 Å². The molecule has 2 aromatic heterocycles. The number of anilines is 1. The van der Waals surface area contributed by atoms with Crippen LogP contribution in [0.15, 0.2) is 36.5 Å². The van der Waals surface area contributed by atoms with Crippen LogP contribution in [0.25, 0.3) is 5.82 Å². The molecule has 4 saturated carbocycles. The van der Waals surface area contributed by atoms with Gasteiger partial charge in [0.25, 0.3) is 11.8 Å². The molecule has 3 heterocycles. The van der Waals surface area contributed by atoms with Gasteiger partial charge >= 0.3 is 0 Å². The van der Waals surface area contributed by atoms with Gasteiger partial charge in [-0.2, -0.15) is 11.8 Å². The summed E-state index contributed by atoms with van der Waals surface area (Å²) in [6.45, 7) is 0. The van der Waals surface area contributed by atoms with E-state index >= 15 is 0 Å². The van der Waals surface area contributed by atoms with E-state index in [-0.39, 0.29) is 51.2 Å². The van der Waals surface area contributed by atoms with Crippen LogP contribution in [0.4, 0.5) is 5.69 Å². The number of ether oxygens (including phenoxy) is 1. The SMILES string of the molecule is O=C(NC12CC3CC(CC(C3)C1)C2)c1cc(Cl)cc(Cl)c1NC(=O)c1cc(OC2CSC2)nn1-c1ncccc1Cl. The Morgan fingerprint density at radius 3 is 2.32 bits per heavy atom. The smallest absolute Gasteiger partial charge is 0.274 e. The minimum absolute atomic E-state index is 0.0176. The molecule has 2 N–H and O–H groups in total. The van der Waals surface area contributed by atoms with Crippen LogP contribution in [0.5, 0.6) is 5.88 Å². The van der Waals surface area contributed by atoms with Gasteiger partial charge in [-0.15, -0.1) is 5.10 Å². The molecule has 8 nitrogen and oxygen atoms in total. The van der Waals surface area contributed by atoms with Crippen LogP contribution in [-0.4, -0.2) is 49.7 Å². The van der Waals surface area contributed by atoms with Crippen molar-refractivity contribution in [1.29, 1.82) is 0 Å². The summed E-state index contributed by atoms with van der Waals surface area (Å²) in [5.41, 5.74) is 0.311. The van der Waals surface area contributed by atoms with Crippen molar-refractivity contribution in [2.75, 3.05) is 16.8 Å². The Hall–Kier alpha value is -2.46. The van der Waals surface area contributed by atoms with Gasteiger partial charge in [0.05, 0.1) is 21.3 Å². The second-order valence-corrected chi connectivity index (χ2v) is 14.1. The van der Waals surface area contributed by atoms with E-state index in [1.165, 1.54) is 30.0 Å². The topological polar surface area (TPSA) is 98.1 Å². The molecule has 8 rings (SSSR count). The molecule has 1 aromatic carbocycles. The normalized spacial score (nSPS) is 26.5. The fraction of sp³-hybridized carbons (Fsp3) is 0.448. The Bertz CT molecular complexity index is 1510. The molecule has 5 fully saturated rings. The first-order chi connectivity index (χ1) is 19.7. The summed E-state index contributed by atoms with van der Waals surface area (Å²) in [7, 11) is 0. The zero-order valence-electron chi connectivity index (χ0n) is 22.0. The van der Waals surface area contributed by atoms with E-state index < -0.39 is 5.91 Å². The summed E-state index contributed by atoms with van der Waals surface area (Å²) in [6, 6.07) is 7.96.